The molecule has 0 aliphatic rings. The average molecular weight is 593 g/mol. The van der Waals surface area contributed by atoms with Gasteiger partial charge in [0.15, 0.2) is 0 Å². The summed E-state index contributed by atoms with van der Waals surface area (Å²) in [5.41, 5.74) is 4.62. The van der Waals surface area contributed by atoms with Crippen LogP contribution in [0, 0.1) is 18.3 Å². The molecule has 0 heterocycles. The largest absolute Gasteiger partial charge is 0.508 e. The third-order valence-corrected chi connectivity index (χ3v) is 7.04. The molecule has 0 aromatic heterocycles. The maximum Gasteiger partial charge on any atom is 0.253 e. The highest BCUT2D eigenvalue weighted by molar-refractivity contribution is 6.00. The van der Waals surface area contributed by atoms with E-state index in [1.165, 1.54) is 6.07 Å². The summed E-state index contributed by atoms with van der Waals surface area (Å²) in [5.74, 6) is 1.57. The van der Waals surface area contributed by atoms with Gasteiger partial charge in [-0.1, -0.05) is 59.1 Å². The lowest BCUT2D eigenvalue weighted by Gasteiger charge is -2.31. The van der Waals surface area contributed by atoms with Crippen LogP contribution in [0.2, 0.25) is 0 Å². The lowest BCUT2D eigenvalue weighted by molar-refractivity contribution is -0.129. The van der Waals surface area contributed by atoms with Crippen LogP contribution in [0.4, 0.5) is 0 Å². The molecule has 0 saturated carbocycles. The highest BCUT2D eigenvalue weighted by Gasteiger charge is 2.27. The highest BCUT2D eigenvalue weighted by Crippen LogP contribution is 2.17. The van der Waals surface area contributed by atoms with Crippen LogP contribution < -0.4 is 10.7 Å². The zero-order valence-corrected chi connectivity index (χ0v) is 26.2. The molecule has 2 rings (SSSR count). The third kappa shape index (κ3) is 11.4. The number of benzene rings is 2. The summed E-state index contributed by atoms with van der Waals surface area (Å²) in [4.78, 5) is 41.2. The number of nitrogens with one attached hydrogen (secondary N) is 2. The summed E-state index contributed by atoms with van der Waals surface area (Å²) in [6.07, 6.45) is 8.20. The van der Waals surface area contributed by atoms with Crippen molar-refractivity contribution in [3.05, 3.63) is 64.7 Å². The maximum atomic E-state index is 13.7. The Hall–Kier alpha value is -3.87. The van der Waals surface area contributed by atoms with Crippen LogP contribution in [0.5, 0.6) is 5.75 Å². The number of aromatic hydroxyl groups is 1. The van der Waals surface area contributed by atoms with E-state index in [4.69, 9.17) is 6.42 Å². The van der Waals surface area contributed by atoms with E-state index in [0.717, 1.165) is 31.2 Å². The van der Waals surface area contributed by atoms with Crippen molar-refractivity contribution in [3.63, 3.8) is 0 Å². The summed E-state index contributed by atoms with van der Waals surface area (Å²) < 4.78 is 0. The number of nitrogens with zero attached hydrogens (tertiary/aromatic N) is 2. The van der Waals surface area contributed by atoms with E-state index in [0.29, 0.717) is 30.8 Å². The fraction of sp³-hybridized carbons (Fsp3) is 0.500. The van der Waals surface area contributed by atoms with Crippen molar-refractivity contribution in [1.82, 2.24) is 20.7 Å². The van der Waals surface area contributed by atoms with Crippen LogP contribution in [0.25, 0.3) is 0 Å². The number of phenols is 1. The normalized spacial score (nSPS) is 12.4. The Balaban J connectivity index is 2.39. The second-order valence-electron chi connectivity index (χ2n) is 11.2. The Kier molecular flexibility index (Phi) is 14.7. The number of unbranched alkanes of at least 4 members (excludes halogenated alkanes) is 1. The van der Waals surface area contributed by atoms with Gasteiger partial charge in [-0.2, -0.15) is 0 Å². The SMILES string of the molecule is C#Cc1cc(C(=O)NC(Cc2ccc(O)cc2)C(O)CN(CCCC)NC(=O)C(C)C)cc(C(=O)N(CCC)CCC)c1. The van der Waals surface area contributed by atoms with Crippen molar-refractivity contribution < 1.29 is 24.6 Å². The van der Waals surface area contributed by atoms with Crippen molar-refractivity contribution >= 4 is 17.7 Å². The van der Waals surface area contributed by atoms with Gasteiger partial charge in [-0.3, -0.25) is 19.8 Å². The van der Waals surface area contributed by atoms with E-state index in [-0.39, 0.29) is 42.0 Å². The van der Waals surface area contributed by atoms with Gasteiger partial charge in [0.05, 0.1) is 12.1 Å². The molecule has 2 aromatic carbocycles. The number of phenolic OH excluding ortho intramolecular Hbond substituents is 1. The minimum Gasteiger partial charge on any atom is -0.508 e. The molecule has 0 fully saturated rings. The van der Waals surface area contributed by atoms with Crippen molar-refractivity contribution in [2.45, 2.75) is 78.9 Å². The van der Waals surface area contributed by atoms with Gasteiger partial charge in [-0.25, -0.2) is 5.01 Å². The number of aliphatic hydroxyl groups excluding tert-OH is 1. The Labute approximate surface area is 256 Å². The van der Waals surface area contributed by atoms with Crippen LogP contribution in [-0.4, -0.2) is 76.2 Å². The molecule has 0 saturated heterocycles. The standard InChI is InChI=1S/C34H48N4O5/c1-7-11-18-38(36-32(41)24(5)6)23-31(40)30(21-26-12-14-29(39)15-13-26)35-33(42)27-19-25(10-4)20-28(22-27)34(43)37(16-8-2)17-9-3/h4,12-15,19-20,22,24,30-31,39-40H,7-9,11,16-18,21,23H2,1-3,5-6H3,(H,35,42)(H,36,41). The molecule has 0 aliphatic carbocycles. The fourth-order valence-electron chi connectivity index (χ4n) is 4.60. The Morgan fingerprint density at radius 1 is 0.930 bits per heavy atom. The van der Waals surface area contributed by atoms with E-state index in [2.05, 4.69) is 16.7 Å². The maximum absolute atomic E-state index is 13.7. The van der Waals surface area contributed by atoms with Gasteiger partial charge in [0, 0.05) is 48.8 Å². The Morgan fingerprint density at radius 3 is 2.12 bits per heavy atom. The zero-order chi connectivity index (χ0) is 31.9. The molecule has 234 valence electrons. The lowest BCUT2D eigenvalue weighted by Crippen LogP contribution is -2.54. The van der Waals surface area contributed by atoms with E-state index in [9.17, 15) is 24.6 Å². The molecule has 9 heteroatoms. The summed E-state index contributed by atoms with van der Waals surface area (Å²) in [6.45, 7) is 11.4. The zero-order valence-electron chi connectivity index (χ0n) is 26.2. The van der Waals surface area contributed by atoms with Crippen molar-refractivity contribution in [2.24, 2.45) is 5.92 Å². The molecule has 0 bridgehead atoms. The second-order valence-corrected chi connectivity index (χ2v) is 11.2. The van der Waals surface area contributed by atoms with Crippen LogP contribution in [0.3, 0.4) is 0 Å². The quantitative estimate of drug-likeness (QED) is 0.162. The number of terminal acetylenes is 1. The van der Waals surface area contributed by atoms with E-state index >= 15 is 0 Å². The van der Waals surface area contributed by atoms with Crippen molar-refractivity contribution in [1.29, 1.82) is 0 Å². The number of carbonyl (C=O) groups excluding carboxylic acids is 3. The first-order valence-corrected chi connectivity index (χ1v) is 15.3. The van der Waals surface area contributed by atoms with Gasteiger partial charge >= 0.3 is 0 Å². The predicted molar refractivity (Wildman–Crippen MR) is 169 cm³/mol. The first-order chi connectivity index (χ1) is 20.5. The lowest BCUT2D eigenvalue weighted by atomic mass is 9.99. The molecular weight excluding hydrogens is 544 g/mol. The monoisotopic (exact) mass is 592 g/mol. The number of aliphatic hydroxyl groups is 1. The molecule has 3 amide bonds. The summed E-state index contributed by atoms with van der Waals surface area (Å²) in [5, 5.41) is 25.8. The molecule has 2 aromatic rings. The fourth-order valence-corrected chi connectivity index (χ4v) is 4.60. The Morgan fingerprint density at radius 2 is 1.56 bits per heavy atom. The predicted octanol–water partition coefficient (Wildman–Crippen LogP) is 4.13. The van der Waals surface area contributed by atoms with E-state index in [1.54, 1.807) is 60.2 Å². The number of rotatable bonds is 17. The van der Waals surface area contributed by atoms with E-state index < -0.39 is 18.1 Å². The third-order valence-electron chi connectivity index (χ3n) is 7.04. The average Bonchev–Trinajstić information content (AvgIpc) is 2.99. The van der Waals surface area contributed by atoms with Crippen LogP contribution in [0.15, 0.2) is 42.5 Å². The van der Waals surface area contributed by atoms with Gasteiger partial charge in [-0.15, -0.1) is 6.42 Å². The molecule has 0 radical (unpaired) electrons. The van der Waals surface area contributed by atoms with Gasteiger partial charge < -0.3 is 20.4 Å². The smallest absolute Gasteiger partial charge is 0.253 e. The molecule has 43 heavy (non-hydrogen) atoms. The Bertz CT molecular complexity index is 1230. The number of hydrazine groups is 1. The molecule has 2 atom stereocenters. The summed E-state index contributed by atoms with van der Waals surface area (Å²) in [6, 6.07) is 10.5. The van der Waals surface area contributed by atoms with Crippen molar-refractivity contribution in [2.75, 3.05) is 26.2 Å². The van der Waals surface area contributed by atoms with Gasteiger partial charge in [0.2, 0.25) is 5.91 Å². The molecule has 2 unspecified atom stereocenters. The van der Waals surface area contributed by atoms with Crippen molar-refractivity contribution in [3.8, 4) is 18.1 Å². The minimum absolute atomic E-state index is 0.0820. The summed E-state index contributed by atoms with van der Waals surface area (Å²) in [7, 11) is 0. The first kappa shape index (κ1) is 35.3. The molecule has 9 nitrogen and oxygen atoms in total. The second kappa shape index (κ2) is 17.9. The topological polar surface area (TPSA) is 122 Å². The minimum atomic E-state index is -1.07. The van der Waals surface area contributed by atoms with Gasteiger partial charge in [0.25, 0.3) is 11.8 Å². The number of carbonyl (C=O) groups is 3. The molecule has 4 N–H and O–H groups in total. The van der Waals surface area contributed by atoms with E-state index in [1.807, 2.05) is 20.8 Å². The number of hydrogen-bond donors (Lipinski definition) is 4. The number of amides is 3. The van der Waals surface area contributed by atoms with Crippen LogP contribution in [-0.2, 0) is 11.2 Å². The van der Waals surface area contributed by atoms with Crippen LogP contribution in [0.1, 0.15) is 92.1 Å². The first-order valence-electron chi connectivity index (χ1n) is 15.3. The highest BCUT2D eigenvalue weighted by atomic mass is 16.3. The molecule has 0 aliphatic heterocycles. The van der Waals surface area contributed by atoms with Gasteiger partial charge in [0.1, 0.15) is 5.75 Å². The molecule has 0 spiro atoms. The summed E-state index contributed by atoms with van der Waals surface area (Å²) >= 11 is 0. The van der Waals surface area contributed by atoms with Gasteiger partial charge in [-0.05, 0) is 61.6 Å². The molecular formula is C34H48N4O5. The van der Waals surface area contributed by atoms with Crippen LogP contribution >= 0.6 is 0 Å². The number of hydrogen-bond acceptors (Lipinski definition) is 6.